The van der Waals surface area contributed by atoms with E-state index in [1.54, 1.807) is 18.2 Å². The molecule has 0 saturated carbocycles. The molecule has 0 amide bonds. The molecule has 0 aliphatic rings. The molecule has 1 nitrogen and oxygen atoms in total. The van der Waals surface area contributed by atoms with E-state index in [1.807, 2.05) is 0 Å². The molecule has 0 saturated heterocycles. The Hall–Kier alpha value is -0.840. The molecule has 2 unspecified atom stereocenters. The van der Waals surface area contributed by atoms with Crippen molar-refractivity contribution in [3.8, 4) is 0 Å². The average molecular weight is 222 g/mol. The zero-order chi connectivity index (χ0) is 10.8. The van der Waals surface area contributed by atoms with Gasteiger partial charge in [-0.25, -0.2) is 0 Å². The van der Waals surface area contributed by atoms with E-state index in [-0.39, 0.29) is 4.90 Å². The molecule has 1 rings (SSSR count). The zero-order valence-electron chi connectivity index (χ0n) is 7.41. The van der Waals surface area contributed by atoms with E-state index >= 15 is 0 Å². The molecule has 0 N–H and O–H groups in total. The van der Waals surface area contributed by atoms with E-state index in [1.165, 1.54) is 12.1 Å². The monoisotopic (exact) mass is 222 g/mol. The van der Waals surface area contributed by atoms with Crippen molar-refractivity contribution >= 4 is 10.8 Å². The Morgan fingerprint density at radius 1 is 1.21 bits per heavy atom. The fraction of sp³-hybridized carbons (Fsp3) is 0.333. The van der Waals surface area contributed by atoms with Crippen molar-refractivity contribution in [2.75, 3.05) is 0 Å². The van der Waals surface area contributed by atoms with Gasteiger partial charge in [-0.1, -0.05) is 18.2 Å². The molecule has 0 aliphatic carbocycles. The summed E-state index contributed by atoms with van der Waals surface area (Å²) in [5.41, 5.74) is 0. The molecule has 2 atom stereocenters. The molecular weight excluding hydrogens is 213 g/mol. The van der Waals surface area contributed by atoms with Crippen LogP contribution in [0.1, 0.15) is 6.92 Å². The van der Waals surface area contributed by atoms with Crippen molar-refractivity contribution in [3.05, 3.63) is 30.3 Å². The molecule has 0 aliphatic heterocycles. The van der Waals surface area contributed by atoms with E-state index in [9.17, 15) is 17.4 Å². The first-order chi connectivity index (χ1) is 6.43. The molecule has 0 fully saturated rings. The largest absolute Gasteiger partial charge is 0.403 e. The molecular formula is C9H9F3OS. The van der Waals surface area contributed by atoms with Gasteiger partial charge in [-0.05, 0) is 19.1 Å². The SMILES string of the molecule is CC(S(=O)c1ccccc1)C(F)(F)F. The summed E-state index contributed by atoms with van der Waals surface area (Å²) in [5, 5.41) is -1.83. The molecule has 1 aromatic carbocycles. The summed E-state index contributed by atoms with van der Waals surface area (Å²) in [7, 11) is -2.02. The van der Waals surface area contributed by atoms with Gasteiger partial charge in [-0.3, -0.25) is 4.21 Å². The summed E-state index contributed by atoms with van der Waals surface area (Å²) >= 11 is 0. The molecule has 0 bridgehead atoms. The van der Waals surface area contributed by atoms with Crippen LogP contribution in [0.15, 0.2) is 35.2 Å². The Labute approximate surface area is 82.4 Å². The van der Waals surface area contributed by atoms with E-state index < -0.39 is 22.2 Å². The average Bonchev–Trinajstić information content (AvgIpc) is 2.15. The highest BCUT2D eigenvalue weighted by molar-refractivity contribution is 7.85. The van der Waals surface area contributed by atoms with Gasteiger partial charge in [0.25, 0.3) is 0 Å². The fourth-order valence-corrected chi connectivity index (χ4v) is 1.96. The smallest absolute Gasteiger partial charge is 0.254 e. The number of benzene rings is 1. The summed E-state index contributed by atoms with van der Waals surface area (Å²) in [6, 6.07) is 7.66. The van der Waals surface area contributed by atoms with Gasteiger partial charge in [-0.2, -0.15) is 13.2 Å². The number of hydrogen-bond donors (Lipinski definition) is 0. The van der Waals surface area contributed by atoms with E-state index in [4.69, 9.17) is 0 Å². The summed E-state index contributed by atoms with van der Waals surface area (Å²) < 4.78 is 48.0. The molecule has 78 valence electrons. The molecule has 0 heterocycles. The van der Waals surface area contributed by atoms with Gasteiger partial charge in [0.15, 0.2) is 0 Å². The lowest BCUT2D eigenvalue weighted by molar-refractivity contribution is -0.126. The molecule has 5 heteroatoms. The number of hydrogen-bond acceptors (Lipinski definition) is 1. The molecule has 0 aromatic heterocycles. The number of halogens is 3. The van der Waals surface area contributed by atoms with E-state index in [2.05, 4.69) is 0 Å². The number of alkyl halides is 3. The lowest BCUT2D eigenvalue weighted by Gasteiger charge is -2.14. The maximum absolute atomic E-state index is 12.2. The standard InChI is InChI=1S/C9H9F3OS/c1-7(9(10,11)12)14(13)8-5-3-2-4-6-8/h2-7H,1H3. The predicted octanol–water partition coefficient (Wildman–Crippen LogP) is 2.75. The predicted molar refractivity (Wildman–Crippen MR) is 48.4 cm³/mol. The van der Waals surface area contributed by atoms with Crippen LogP contribution in [0.3, 0.4) is 0 Å². The van der Waals surface area contributed by atoms with Crippen LogP contribution in [0.25, 0.3) is 0 Å². The van der Waals surface area contributed by atoms with Crippen LogP contribution in [0.5, 0.6) is 0 Å². The summed E-state index contributed by atoms with van der Waals surface area (Å²) in [6.07, 6.45) is -4.42. The minimum atomic E-state index is -4.42. The second-order valence-corrected chi connectivity index (χ2v) is 4.57. The minimum Gasteiger partial charge on any atom is -0.254 e. The first kappa shape index (κ1) is 11.2. The van der Waals surface area contributed by atoms with Crippen LogP contribution in [-0.4, -0.2) is 15.6 Å². The van der Waals surface area contributed by atoms with E-state index in [0.29, 0.717) is 0 Å². The van der Waals surface area contributed by atoms with E-state index in [0.717, 1.165) is 6.92 Å². The van der Waals surface area contributed by atoms with Crippen LogP contribution in [0.2, 0.25) is 0 Å². The lowest BCUT2D eigenvalue weighted by atomic mass is 10.4. The Morgan fingerprint density at radius 2 is 1.71 bits per heavy atom. The third kappa shape index (κ3) is 2.57. The highest BCUT2D eigenvalue weighted by atomic mass is 32.2. The quantitative estimate of drug-likeness (QED) is 0.752. The van der Waals surface area contributed by atoms with Crippen LogP contribution in [-0.2, 0) is 10.8 Å². The van der Waals surface area contributed by atoms with Gasteiger partial charge in [0.05, 0.1) is 10.8 Å². The topological polar surface area (TPSA) is 17.1 Å². The molecule has 1 aromatic rings. The van der Waals surface area contributed by atoms with Gasteiger partial charge in [0, 0.05) is 4.90 Å². The third-order valence-electron chi connectivity index (χ3n) is 1.76. The van der Waals surface area contributed by atoms with Crippen molar-refractivity contribution in [1.82, 2.24) is 0 Å². The van der Waals surface area contributed by atoms with Crippen LogP contribution < -0.4 is 0 Å². The van der Waals surface area contributed by atoms with Crippen molar-refractivity contribution < 1.29 is 17.4 Å². The van der Waals surface area contributed by atoms with Crippen molar-refractivity contribution in [2.45, 2.75) is 23.2 Å². The molecule has 0 spiro atoms. The Morgan fingerprint density at radius 3 is 2.14 bits per heavy atom. The fourth-order valence-electron chi connectivity index (χ4n) is 0.880. The zero-order valence-corrected chi connectivity index (χ0v) is 8.23. The van der Waals surface area contributed by atoms with Gasteiger partial charge in [0.1, 0.15) is 5.25 Å². The van der Waals surface area contributed by atoms with Gasteiger partial charge >= 0.3 is 6.18 Å². The summed E-state index contributed by atoms with van der Waals surface area (Å²) in [4.78, 5) is 0.206. The normalized spacial score (nSPS) is 16.3. The van der Waals surface area contributed by atoms with Gasteiger partial charge < -0.3 is 0 Å². The maximum atomic E-state index is 12.2. The summed E-state index contributed by atoms with van der Waals surface area (Å²) in [5.74, 6) is 0. The summed E-state index contributed by atoms with van der Waals surface area (Å²) in [6.45, 7) is 0.920. The van der Waals surface area contributed by atoms with Crippen LogP contribution in [0.4, 0.5) is 13.2 Å². The first-order valence-corrected chi connectivity index (χ1v) is 5.16. The highest BCUT2D eigenvalue weighted by Gasteiger charge is 2.40. The Balaban J connectivity index is 2.87. The van der Waals surface area contributed by atoms with Crippen LogP contribution in [0, 0.1) is 0 Å². The molecule has 0 radical (unpaired) electrons. The Kier molecular flexibility index (Phi) is 3.31. The van der Waals surface area contributed by atoms with Crippen molar-refractivity contribution in [1.29, 1.82) is 0 Å². The van der Waals surface area contributed by atoms with Gasteiger partial charge in [-0.15, -0.1) is 0 Å². The van der Waals surface area contributed by atoms with Crippen molar-refractivity contribution in [2.24, 2.45) is 0 Å². The minimum absolute atomic E-state index is 0.206. The second kappa shape index (κ2) is 4.13. The lowest BCUT2D eigenvalue weighted by Crippen LogP contribution is -2.29. The molecule has 14 heavy (non-hydrogen) atoms. The maximum Gasteiger partial charge on any atom is 0.403 e. The number of rotatable bonds is 2. The third-order valence-corrected chi connectivity index (χ3v) is 3.40. The highest BCUT2D eigenvalue weighted by Crippen LogP contribution is 2.26. The van der Waals surface area contributed by atoms with Gasteiger partial charge in [0.2, 0.25) is 0 Å². The second-order valence-electron chi connectivity index (χ2n) is 2.79. The first-order valence-electron chi connectivity index (χ1n) is 3.95. The van der Waals surface area contributed by atoms with Crippen molar-refractivity contribution in [3.63, 3.8) is 0 Å². The Bertz CT molecular complexity index is 321. The van der Waals surface area contributed by atoms with Crippen LogP contribution >= 0.6 is 0 Å².